The fraction of sp³-hybridized carbons (Fsp3) is 0.455. The minimum Gasteiger partial charge on any atom is -0.480 e. The van der Waals surface area contributed by atoms with E-state index >= 15 is 0 Å². The zero-order chi connectivity index (χ0) is 14.6. The van der Waals surface area contributed by atoms with Crippen LogP contribution in [0.25, 0.3) is 0 Å². The standard InChI is InChI=1S/C11H12F3NO4/c1-4-18-10(16)7-8(19-11(12,13)14)6(2)5-15-9(7)17-3/h5H,4H2,1-3H3. The number of hydrogen-bond donors (Lipinski definition) is 0. The first kappa shape index (κ1) is 15.1. The highest BCUT2D eigenvalue weighted by molar-refractivity contribution is 5.95. The SMILES string of the molecule is CCOC(=O)c1c(OC)ncc(C)c1OC(F)(F)F. The van der Waals surface area contributed by atoms with Crippen LogP contribution in [0.1, 0.15) is 22.8 Å². The third-order valence-electron chi connectivity index (χ3n) is 2.07. The Kier molecular flexibility index (Phi) is 4.57. The Morgan fingerprint density at radius 3 is 2.53 bits per heavy atom. The van der Waals surface area contributed by atoms with Crippen molar-refractivity contribution in [3.05, 3.63) is 17.3 Å². The lowest BCUT2D eigenvalue weighted by atomic mass is 10.2. The minimum absolute atomic E-state index is 0.00138. The molecule has 0 atom stereocenters. The van der Waals surface area contributed by atoms with Crippen LogP contribution in [0.3, 0.4) is 0 Å². The van der Waals surface area contributed by atoms with Crippen LogP contribution in [-0.2, 0) is 4.74 Å². The zero-order valence-corrected chi connectivity index (χ0v) is 10.5. The molecule has 19 heavy (non-hydrogen) atoms. The van der Waals surface area contributed by atoms with E-state index in [1.54, 1.807) is 0 Å². The Morgan fingerprint density at radius 2 is 2.05 bits per heavy atom. The van der Waals surface area contributed by atoms with Crippen molar-refractivity contribution in [3.63, 3.8) is 0 Å². The van der Waals surface area contributed by atoms with Gasteiger partial charge in [0.1, 0.15) is 0 Å². The summed E-state index contributed by atoms with van der Waals surface area (Å²) < 4.78 is 50.3. The van der Waals surface area contributed by atoms with Crippen LogP contribution in [0.5, 0.6) is 11.6 Å². The summed E-state index contributed by atoms with van der Waals surface area (Å²) in [5.74, 6) is -1.95. The van der Waals surface area contributed by atoms with E-state index in [4.69, 9.17) is 4.74 Å². The van der Waals surface area contributed by atoms with E-state index in [9.17, 15) is 18.0 Å². The predicted molar refractivity (Wildman–Crippen MR) is 58.2 cm³/mol. The lowest BCUT2D eigenvalue weighted by Crippen LogP contribution is -2.21. The molecule has 106 valence electrons. The molecule has 0 fully saturated rings. The zero-order valence-electron chi connectivity index (χ0n) is 10.5. The van der Waals surface area contributed by atoms with Crippen molar-refractivity contribution in [2.24, 2.45) is 0 Å². The van der Waals surface area contributed by atoms with Crippen molar-refractivity contribution >= 4 is 5.97 Å². The van der Waals surface area contributed by atoms with Crippen molar-refractivity contribution in [1.29, 1.82) is 0 Å². The number of pyridine rings is 1. The first-order valence-corrected chi connectivity index (χ1v) is 5.26. The molecule has 0 unspecified atom stereocenters. The number of rotatable bonds is 4. The molecular formula is C11H12F3NO4. The molecule has 0 saturated carbocycles. The molecule has 0 amide bonds. The van der Waals surface area contributed by atoms with Gasteiger partial charge in [-0.15, -0.1) is 13.2 Å². The number of ether oxygens (including phenoxy) is 3. The van der Waals surface area contributed by atoms with Gasteiger partial charge in [0.2, 0.25) is 5.88 Å². The average molecular weight is 279 g/mol. The van der Waals surface area contributed by atoms with Gasteiger partial charge >= 0.3 is 12.3 Å². The summed E-state index contributed by atoms with van der Waals surface area (Å²) in [6.45, 7) is 2.86. The summed E-state index contributed by atoms with van der Waals surface area (Å²) in [6.07, 6.45) is -3.82. The summed E-state index contributed by atoms with van der Waals surface area (Å²) in [7, 11) is 1.18. The van der Waals surface area contributed by atoms with E-state index in [2.05, 4.69) is 14.5 Å². The van der Waals surface area contributed by atoms with Gasteiger partial charge in [-0.05, 0) is 13.8 Å². The van der Waals surface area contributed by atoms with Crippen molar-refractivity contribution in [2.45, 2.75) is 20.2 Å². The number of nitrogens with zero attached hydrogens (tertiary/aromatic N) is 1. The maximum absolute atomic E-state index is 12.4. The monoisotopic (exact) mass is 279 g/mol. The molecular weight excluding hydrogens is 267 g/mol. The smallest absolute Gasteiger partial charge is 0.480 e. The molecule has 0 aliphatic rings. The molecule has 0 spiro atoms. The molecule has 1 rings (SSSR count). The Bertz CT molecular complexity index is 474. The fourth-order valence-corrected chi connectivity index (χ4v) is 1.36. The molecule has 1 aromatic rings. The molecule has 0 aliphatic carbocycles. The molecule has 8 heteroatoms. The Labute approximate surface area is 107 Å². The third kappa shape index (κ3) is 3.73. The summed E-state index contributed by atoms with van der Waals surface area (Å²) in [5, 5.41) is 0. The summed E-state index contributed by atoms with van der Waals surface area (Å²) in [5.41, 5.74) is -0.442. The van der Waals surface area contributed by atoms with E-state index in [0.29, 0.717) is 0 Å². The van der Waals surface area contributed by atoms with Crippen LogP contribution in [-0.4, -0.2) is 31.0 Å². The number of methoxy groups -OCH3 is 1. The average Bonchev–Trinajstić information content (AvgIpc) is 2.30. The molecule has 0 N–H and O–H groups in total. The number of esters is 1. The van der Waals surface area contributed by atoms with Gasteiger partial charge in [0.25, 0.3) is 0 Å². The maximum atomic E-state index is 12.4. The molecule has 0 saturated heterocycles. The normalized spacial score (nSPS) is 11.1. The van der Waals surface area contributed by atoms with Gasteiger partial charge in [0.15, 0.2) is 11.3 Å². The first-order valence-electron chi connectivity index (χ1n) is 5.26. The number of halogens is 3. The Hall–Kier alpha value is -1.99. The van der Waals surface area contributed by atoms with Gasteiger partial charge in [0.05, 0.1) is 13.7 Å². The highest BCUT2D eigenvalue weighted by atomic mass is 19.4. The highest BCUT2D eigenvalue weighted by Crippen LogP contribution is 2.34. The number of aryl methyl sites for hydroxylation is 1. The van der Waals surface area contributed by atoms with Crippen molar-refractivity contribution < 1.29 is 32.2 Å². The van der Waals surface area contributed by atoms with Crippen molar-refractivity contribution in [3.8, 4) is 11.6 Å². The molecule has 5 nitrogen and oxygen atoms in total. The lowest BCUT2D eigenvalue weighted by Gasteiger charge is -2.16. The second kappa shape index (κ2) is 5.77. The minimum atomic E-state index is -4.93. The molecule has 0 aromatic carbocycles. The summed E-state index contributed by atoms with van der Waals surface area (Å²) >= 11 is 0. The van der Waals surface area contributed by atoms with Gasteiger partial charge in [-0.3, -0.25) is 0 Å². The second-order valence-corrected chi connectivity index (χ2v) is 3.42. The highest BCUT2D eigenvalue weighted by Gasteiger charge is 2.35. The topological polar surface area (TPSA) is 57.7 Å². The largest absolute Gasteiger partial charge is 0.573 e. The second-order valence-electron chi connectivity index (χ2n) is 3.42. The molecule has 1 aromatic heterocycles. The van der Waals surface area contributed by atoms with Gasteiger partial charge in [-0.25, -0.2) is 9.78 Å². The molecule has 1 heterocycles. The van der Waals surface area contributed by atoms with E-state index in [1.165, 1.54) is 21.0 Å². The van der Waals surface area contributed by atoms with Crippen molar-refractivity contribution in [1.82, 2.24) is 4.98 Å². The number of carbonyl (C=O) groups is 1. The number of carbonyl (C=O) groups excluding carboxylic acids is 1. The van der Waals surface area contributed by atoms with Crippen molar-refractivity contribution in [2.75, 3.05) is 13.7 Å². The van der Waals surface area contributed by atoms with Crippen LogP contribution in [0.2, 0.25) is 0 Å². The number of aromatic nitrogens is 1. The van der Waals surface area contributed by atoms with Crippen LogP contribution < -0.4 is 9.47 Å². The molecule has 0 radical (unpaired) electrons. The maximum Gasteiger partial charge on any atom is 0.573 e. The predicted octanol–water partition coefficient (Wildman–Crippen LogP) is 2.47. The van der Waals surface area contributed by atoms with Crippen LogP contribution in [0, 0.1) is 6.92 Å². The fourth-order valence-electron chi connectivity index (χ4n) is 1.36. The van der Waals surface area contributed by atoms with Gasteiger partial charge in [-0.1, -0.05) is 0 Å². The molecule has 0 bridgehead atoms. The van der Waals surface area contributed by atoms with Gasteiger partial charge < -0.3 is 14.2 Å². The van der Waals surface area contributed by atoms with Gasteiger partial charge in [0, 0.05) is 11.8 Å². The van der Waals surface area contributed by atoms with Gasteiger partial charge in [-0.2, -0.15) is 0 Å². The quantitative estimate of drug-likeness (QED) is 0.792. The van der Waals surface area contributed by atoms with E-state index in [-0.39, 0.29) is 18.1 Å². The Morgan fingerprint density at radius 1 is 1.42 bits per heavy atom. The van der Waals surface area contributed by atoms with E-state index < -0.39 is 23.6 Å². The number of hydrogen-bond acceptors (Lipinski definition) is 5. The lowest BCUT2D eigenvalue weighted by molar-refractivity contribution is -0.275. The van der Waals surface area contributed by atoms with Crippen LogP contribution in [0.4, 0.5) is 13.2 Å². The van der Waals surface area contributed by atoms with E-state index in [0.717, 1.165) is 6.20 Å². The Balaban J connectivity index is 3.36. The summed E-state index contributed by atoms with van der Waals surface area (Å²) in [4.78, 5) is 15.4. The van der Waals surface area contributed by atoms with Crippen LogP contribution in [0.15, 0.2) is 6.20 Å². The summed E-state index contributed by atoms with van der Waals surface area (Å²) in [6, 6.07) is 0. The van der Waals surface area contributed by atoms with Crippen LogP contribution >= 0.6 is 0 Å². The van der Waals surface area contributed by atoms with E-state index in [1.807, 2.05) is 0 Å². The third-order valence-corrected chi connectivity index (χ3v) is 2.07. The number of alkyl halides is 3. The first-order chi connectivity index (χ1) is 8.80. The molecule has 0 aliphatic heterocycles.